The molecule has 0 aromatic heterocycles. The predicted octanol–water partition coefficient (Wildman–Crippen LogP) is 1.71. The molecule has 1 atom stereocenters. The van der Waals surface area contributed by atoms with Crippen molar-refractivity contribution < 1.29 is 14.3 Å². The van der Waals surface area contributed by atoms with Gasteiger partial charge in [-0.15, -0.1) is 0 Å². The summed E-state index contributed by atoms with van der Waals surface area (Å²) >= 11 is 0. The fraction of sp³-hybridized carbons (Fsp3) is 0.562. The highest BCUT2D eigenvalue weighted by atomic mass is 16.5. The Labute approximate surface area is 126 Å². The molecule has 21 heavy (non-hydrogen) atoms. The van der Waals surface area contributed by atoms with Crippen LogP contribution in [0, 0.1) is 5.92 Å². The van der Waals surface area contributed by atoms with Crippen LogP contribution < -0.4 is 20.1 Å². The standard InChI is InChI=1S/C16H24N2O3/c1-20-14-4-5-15(21-2)13(9-14)11-18-16(19)6-3-12-7-8-17-10-12/h4-5,9,12,17H,3,6-8,10-11H2,1-2H3,(H,18,19). The average Bonchev–Trinajstić information content (AvgIpc) is 3.04. The minimum atomic E-state index is 0.0896. The molecule has 0 saturated carbocycles. The second-order valence-corrected chi connectivity index (χ2v) is 5.35. The Bertz CT molecular complexity index is 471. The fourth-order valence-corrected chi connectivity index (χ4v) is 2.60. The number of carbonyl (C=O) groups excluding carboxylic acids is 1. The lowest BCUT2D eigenvalue weighted by molar-refractivity contribution is -0.121. The van der Waals surface area contributed by atoms with Gasteiger partial charge >= 0.3 is 0 Å². The van der Waals surface area contributed by atoms with E-state index >= 15 is 0 Å². The van der Waals surface area contributed by atoms with Crippen LogP contribution in [-0.2, 0) is 11.3 Å². The van der Waals surface area contributed by atoms with Crippen LogP contribution >= 0.6 is 0 Å². The molecule has 1 aromatic carbocycles. The maximum Gasteiger partial charge on any atom is 0.220 e. The Morgan fingerprint density at radius 1 is 1.38 bits per heavy atom. The highest BCUT2D eigenvalue weighted by Gasteiger charge is 2.15. The van der Waals surface area contributed by atoms with E-state index in [4.69, 9.17) is 9.47 Å². The summed E-state index contributed by atoms with van der Waals surface area (Å²) in [7, 11) is 3.25. The summed E-state index contributed by atoms with van der Waals surface area (Å²) in [6.07, 6.45) is 2.71. The predicted molar refractivity (Wildman–Crippen MR) is 81.6 cm³/mol. The topological polar surface area (TPSA) is 59.6 Å². The number of benzene rings is 1. The van der Waals surface area contributed by atoms with Gasteiger partial charge < -0.3 is 20.1 Å². The molecule has 1 aromatic rings. The van der Waals surface area contributed by atoms with Crippen molar-refractivity contribution in [3.63, 3.8) is 0 Å². The van der Waals surface area contributed by atoms with E-state index in [-0.39, 0.29) is 5.91 Å². The van der Waals surface area contributed by atoms with Crippen molar-refractivity contribution in [2.24, 2.45) is 5.92 Å². The number of nitrogens with one attached hydrogen (secondary N) is 2. The Balaban J connectivity index is 1.82. The Morgan fingerprint density at radius 3 is 2.90 bits per heavy atom. The first-order valence-electron chi connectivity index (χ1n) is 7.41. The molecule has 1 amide bonds. The third-order valence-electron chi connectivity index (χ3n) is 3.91. The van der Waals surface area contributed by atoms with Gasteiger partial charge in [0, 0.05) is 18.5 Å². The molecule has 5 heteroatoms. The van der Waals surface area contributed by atoms with Crippen LogP contribution in [0.25, 0.3) is 0 Å². The quantitative estimate of drug-likeness (QED) is 0.803. The lowest BCUT2D eigenvalue weighted by Gasteiger charge is -2.12. The van der Waals surface area contributed by atoms with Crippen molar-refractivity contribution in [2.75, 3.05) is 27.3 Å². The zero-order valence-electron chi connectivity index (χ0n) is 12.8. The number of hydrogen-bond acceptors (Lipinski definition) is 4. The minimum absolute atomic E-state index is 0.0896. The van der Waals surface area contributed by atoms with Crippen molar-refractivity contribution >= 4 is 5.91 Å². The SMILES string of the molecule is COc1ccc(OC)c(CNC(=O)CCC2CCNC2)c1. The monoisotopic (exact) mass is 292 g/mol. The molecule has 1 aliphatic heterocycles. The van der Waals surface area contributed by atoms with Crippen molar-refractivity contribution in [3.05, 3.63) is 23.8 Å². The van der Waals surface area contributed by atoms with E-state index in [0.29, 0.717) is 18.9 Å². The Morgan fingerprint density at radius 2 is 2.24 bits per heavy atom. The molecular formula is C16H24N2O3. The van der Waals surface area contributed by atoms with E-state index in [1.54, 1.807) is 14.2 Å². The lowest BCUT2D eigenvalue weighted by Crippen LogP contribution is -2.23. The zero-order chi connectivity index (χ0) is 15.1. The molecule has 0 aliphatic carbocycles. The van der Waals surface area contributed by atoms with Crippen molar-refractivity contribution in [1.29, 1.82) is 0 Å². The largest absolute Gasteiger partial charge is 0.497 e. The van der Waals surface area contributed by atoms with Crippen molar-refractivity contribution in [2.45, 2.75) is 25.8 Å². The van der Waals surface area contributed by atoms with Crippen LogP contribution in [0.5, 0.6) is 11.5 Å². The fourth-order valence-electron chi connectivity index (χ4n) is 2.60. The van der Waals surface area contributed by atoms with Crippen LogP contribution in [0.15, 0.2) is 18.2 Å². The van der Waals surface area contributed by atoms with E-state index in [1.807, 2.05) is 18.2 Å². The first-order valence-corrected chi connectivity index (χ1v) is 7.41. The summed E-state index contributed by atoms with van der Waals surface area (Å²) in [5.41, 5.74) is 0.924. The van der Waals surface area contributed by atoms with Crippen molar-refractivity contribution in [3.8, 4) is 11.5 Å². The number of amides is 1. The molecule has 1 aliphatic rings. The minimum Gasteiger partial charge on any atom is -0.497 e. The maximum atomic E-state index is 11.9. The molecule has 116 valence electrons. The number of ether oxygens (including phenoxy) is 2. The Hall–Kier alpha value is -1.75. The van der Waals surface area contributed by atoms with Gasteiger partial charge in [-0.05, 0) is 50.0 Å². The van der Waals surface area contributed by atoms with Gasteiger partial charge in [0.15, 0.2) is 0 Å². The summed E-state index contributed by atoms with van der Waals surface area (Å²) in [6.45, 7) is 2.58. The van der Waals surface area contributed by atoms with E-state index in [1.165, 1.54) is 6.42 Å². The highest BCUT2D eigenvalue weighted by molar-refractivity contribution is 5.75. The van der Waals surface area contributed by atoms with E-state index in [0.717, 1.165) is 36.6 Å². The zero-order valence-corrected chi connectivity index (χ0v) is 12.8. The van der Waals surface area contributed by atoms with Gasteiger partial charge in [0.25, 0.3) is 0 Å². The summed E-state index contributed by atoms with van der Waals surface area (Å²) < 4.78 is 10.5. The van der Waals surface area contributed by atoms with Gasteiger partial charge in [0.2, 0.25) is 5.91 Å². The third-order valence-corrected chi connectivity index (χ3v) is 3.91. The van der Waals surface area contributed by atoms with Gasteiger partial charge in [-0.1, -0.05) is 0 Å². The lowest BCUT2D eigenvalue weighted by atomic mass is 10.0. The number of methoxy groups -OCH3 is 2. The van der Waals surface area contributed by atoms with E-state index in [2.05, 4.69) is 10.6 Å². The average molecular weight is 292 g/mol. The summed E-state index contributed by atoms with van der Waals surface area (Å²) in [4.78, 5) is 11.9. The van der Waals surface area contributed by atoms with Crippen molar-refractivity contribution in [1.82, 2.24) is 10.6 Å². The maximum absolute atomic E-state index is 11.9. The molecule has 1 saturated heterocycles. The molecule has 1 fully saturated rings. The molecule has 0 radical (unpaired) electrons. The molecule has 5 nitrogen and oxygen atoms in total. The van der Waals surface area contributed by atoms with E-state index in [9.17, 15) is 4.79 Å². The molecule has 2 rings (SSSR count). The summed E-state index contributed by atoms with van der Waals surface area (Å²) in [5.74, 6) is 2.25. The van der Waals surface area contributed by atoms with Gasteiger partial charge in [0.1, 0.15) is 11.5 Å². The van der Waals surface area contributed by atoms with Crippen LogP contribution in [0.4, 0.5) is 0 Å². The summed E-state index contributed by atoms with van der Waals surface area (Å²) in [5, 5.41) is 6.27. The number of carbonyl (C=O) groups is 1. The van der Waals surface area contributed by atoms with Gasteiger partial charge in [-0.2, -0.15) is 0 Å². The highest BCUT2D eigenvalue weighted by Crippen LogP contribution is 2.23. The van der Waals surface area contributed by atoms with Crippen LogP contribution in [0.1, 0.15) is 24.8 Å². The molecular weight excluding hydrogens is 268 g/mol. The molecule has 1 heterocycles. The second-order valence-electron chi connectivity index (χ2n) is 5.35. The second kappa shape index (κ2) is 7.88. The Kier molecular flexibility index (Phi) is 5.87. The number of hydrogen-bond donors (Lipinski definition) is 2. The molecule has 0 spiro atoms. The van der Waals surface area contributed by atoms with Crippen LogP contribution in [0.3, 0.4) is 0 Å². The van der Waals surface area contributed by atoms with E-state index < -0.39 is 0 Å². The first-order chi connectivity index (χ1) is 10.2. The van der Waals surface area contributed by atoms with Gasteiger partial charge in [-0.25, -0.2) is 0 Å². The van der Waals surface area contributed by atoms with Crippen LogP contribution in [-0.4, -0.2) is 33.2 Å². The number of rotatable bonds is 7. The molecule has 2 N–H and O–H groups in total. The smallest absolute Gasteiger partial charge is 0.220 e. The van der Waals surface area contributed by atoms with Gasteiger partial charge in [-0.3, -0.25) is 4.79 Å². The molecule has 0 bridgehead atoms. The normalized spacial score (nSPS) is 17.5. The van der Waals surface area contributed by atoms with Crippen LogP contribution in [0.2, 0.25) is 0 Å². The van der Waals surface area contributed by atoms with Gasteiger partial charge in [0.05, 0.1) is 14.2 Å². The third kappa shape index (κ3) is 4.63. The molecule has 1 unspecified atom stereocenters. The summed E-state index contributed by atoms with van der Waals surface area (Å²) in [6, 6.07) is 5.59. The first kappa shape index (κ1) is 15.6.